The van der Waals surface area contributed by atoms with Crippen LogP contribution in [0.15, 0.2) is 36.5 Å². The Kier molecular flexibility index (Phi) is 5.27. The van der Waals surface area contributed by atoms with Crippen LogP contribution in [0.4, 0.5) is 0 Å². The molecule has 6 nitrogen and oxygen atoms in total. The van der Waals surface area contributed by atoms with Gasteiger partial charge in [0.15, 0.2) is 5.69 Å². The highest BCUT2D eigenvalue weighted by Gasteiger charge is 2.39. The Morgan fingerprint density at radius 1 is 1.22 bits per heavy atom. The smallest absolute Gasteiger partial charge is 0.359 e. The van der Waals surface area contributed by atoms with Crippen LogP contribution in [0.2, 0.25) is 0 Å². The third kappa shape index (κ3) is 3.92. The SMILES string of the molecule is CCOC(=O)c1nn(-c2ccccc2)cc1CN1CCC2(CCNCC2)C1. The number of hydrogen-bond donors (Lipinski definition) is 1. The lowest BCUT2D eigenvalue weighted by atomic mass is 9.78. The van der Waals surface area contributed by atoms with Gasteiger partial charge in [-0.05, 0) is 63.4 Å². The molecule has 1 N–H and O–H groups in total. The highest BCUT2D eigenvalue weighted by molar-refractivity contribution is 5.88. The molecule has 1 aromatic carbocycles. The maximum Gasteiger partial charge on any atom is 0.359 e. The van der Waals surface area contributed by atoms with Crippen LogP contribution >= 0.6 is 0 Å². The summed E-state index contributed by atoms with van der Waals surface area (Å²) >= 11 is 0. The quantitative estimate of drug-likeness (QED) is 0.822. The number of ether oxygens (including phenoxy) is 1. The first kappa shape index (κ1) is 18.2. The summed E-state index contributed by atoms with van der Waals surface area (Å²) in [6, 6.07) is 9.91. The molecule has 2 aromatic rings. The van der Waals surface area contributed by atoms with E-state index in [2.05, 4.69) is 15.3 Å². The van der Waals surface area contributed by atoms with Crippen LogP contribution in [0.5, 0.6) is 0 Å². The van der Waals surface area contributed by atoms with Gasteiger partial charge in [0, 0.05) is 24.8 Å². The second kappa shape index (κ2) is 7.82. The molecule has 6 heteroatoms. The minimum Gasteiger partial charge on any atom is -0.461 e. The van der Waals surface area contributed by atoms with Gasteiger partial charge in [-0.2, -0.15) is 5.10 Å². The Morgan fingerprint density at radius 3 is 2.74 bits per heavy atom. The van der Waals surface area contributed by atoms with E-state index in [4.69, 9.17) is 4.74 Å². The molecule has 0 aliphatic carbocycles. The zero-order valence-corrected chi connectivity index (χ0v) is 16.0. The van der Waals surface area contributed by atoms with Crippen LogP contribution in [0.25, 0.3) is 5.69 Å². The number of hydrogen-bond acceptors (Lipinski definition) is 5. The summed E-state index contributed by atoms with van der Waals surface area (Å²) in [7, 11) is 0. The molecule has 0 saturated carbocycles. The predicted octanol–water partition coefficient (Wildman–Crippen LogP) is 2.62. The van der Waals surface area contributed by atoms with E-state index in [0.29, 0.717) is 17.7 Å². The average Bonchev–Trinajstić information content (AvgIpc) is 3.28. The normalized spacial score (nSPS) is 19.4. The van der Waals surface area contributed by atoms with Gasteiger partial charge in [0.2, 0.25) is 0 Å². The Labute approximate surface area is 160 Å². The lowest BCUT2D eigenvalue weighted by Crippen LogP contribution is -2.38. The van der Waals surface area contributed by atoms with Crippen molar-refractivity contribution in [3.63, 3.8) is 0 Å². The Morgan fingerprint density at radius 2 is 2.00 bits per heavy atom. The summed E-state index contributed by atoms with van der Waals surface area (Å²) in [5, 5.41) is 8.02. The van der Waals surface area contributed by atoms with Gasteiger partial charge in [0.25, 0.3) is 0 Å². The minimum absolute atomic E-state index is 0.335. The highest BCUT2D eigenvalue weighted by atomic mass is 16.5. The van der Waals surface area contributed by atoms with Crippen molar-refractivity contribution in [1.82, 2.24) is 20.0 Å². The summed E-state index contributed by atoms with van der Waals surface area (Å²) in [5.74, 6) is -0.335. The molecule has 144 valence electrons. The van der Waals surface area contributed by atoms with E-state index in [-0.39, 0.29) is 5.97 Å². The first-order chi connectivity index (χ1) is 13.2. The number of rotatable bonds is 5. The maximum absolute atomic E-state index is 12.5. The van der Waals surface area contributed by atoms with Gasteiger partial charge in [0.05, 0.1) is 12.3 Å². The molecule has 0 bridgehead atoms. The number of carbonyl (C=O) groups excluding carboxylic acids is 1. The van der Waals surface area contributed by atoms with Crippen molar-refractivity contribution in [2.75, 3.05) is 32.8 Å². The minimum atomic E-state index is -0.335. The lowest BCUT2D eigenvalue weighted by molar-refractivity contribution is 0.0516. The Balaban J connectivity index is 1.55. The molecular formula is C21H28N4O2. The monoisotopic (exact) mass is 368 g/mol. The van der Waals surface area contributed by atoms with Gasteiger partial charge < -0.3 is 10.1 Å². The van der Waals surface area contributed by atoms with Crippen LogP contribution in [0.3, 0.4) is 0 Å². The molecule has 1 spiro atoms. The Hall–Kier alpha value is -2.18. The Bertz CT molecular complexity index is 781. The van der Waals surface area contributed by atoms with E-state index in [1.165, 1.54) is 19.3 Å². The lowest BCUT2D eigenvalue weighted by Gasteiger charge is -2.33. The van der Waals surface area contributed by atoms with Gasteiger partial charge in [-0.25, -0.2) is 9.48 Å². The number of esters is 1. The van der Waals surface area contributed by atoms with Crippen molar-refractivity contribution in [2.45, 2.75) is 32.7 Å². The molecule has 0 unspecified atom stereocenters. The number of piperidine rings is 1. The van der Waals surface area contributed by atoms with Crippen molar-refractivity contribution < 1.29 is 9.53 Å². The maximum atomic E-state index is 12.5. The molecule has 3 heterocycles. The average molecular weight is 368 g/mol. The highest BCUT2D eigenvalue weighted by Crippen LogP contribution is 2.39. The molecular weight excluding hydrogens is 340 g/mol. The van der Waals surface area contributed by atoms with E-state index in [9.17, 15) is 4.79 Å². The molecule has 0 radical (unpaired) electrons. The van der Waals surface area contributed by atoms with E-state index >= 15 is 0 Å². The van der Waals surface area contributed by atoms with Crippen molar-refractivity contribution in [1.29, 1.82) is 0 Å². The zero-order chi connectivity index (χ0) is 18.7. The summed E-state index contributed by atoms with van der Waals surface area (Å²) < 4.78 is 7.04. The van der Waals surface area contributed by atoms with Crippen LogP contribution in [0.1, 0.15) is 42.2 Å². The van der Waals surface area contributed by atoms with Gasteiger partial charge >= 0.3 is 5.97 Å². The van der Waals surface area contributed by atoms with Gasteiger partial charge in [0.1, 0.15) is 0 Å². The fraction of sp³-hybridized carbons (Fsp3) is 0.524. The molecule has 0 amide bonds. The van der Waals surface area contributed by atoms with Gasteiger partial charge in [-0.15, -0.1) is 0 Å². The van der Waals surface area contributed by atoms with Crippen LogP contribution < -0.4 is 5.32 Å². The first-order valence-corrected chi connectivity index (χ1v) is 9.93. The number of carbonyl (C=O) groups is 1. The first-order valence-electron chi connectivity index (χ1n) is 9.93. The van der Waals surface area contributed by atoms with Crippen molar-refractivity contribution in [2.24, 2.45) is 5.41 Å². The zero-order valence-electron chi connectivity index (χ0n) is 16.0. The van der Waals surface area contributed by atoms with E-state index in [1.807, 2.05) is 43.5 Å². The molecule has 0 atom stereocenters. The molecule has 2 saturated heterocycles. The molecule has 2 aliphatic rings. The number of benzene rings is 1. The fourth-order valence-corrected chi connectivity index (χ4v) is 4.38. The van der Waals surface area contributed by atoms with E-state index < -0.39 is 0 Å². The third-order valence-electron chi connectivity index (χ3n) is 5.86. The van der Waals surface area contributed by atoms with Crippen molar-refractivity contribution in [3.8, 4) is 5.69 Å². The van der Waals surface area contributed by atoms with Gasteiger partial charge in [-0.3, -0.25) is 4.90 Å². The molecule has 27 heavy (non-hydrogen) atoms. The fourth-order valence-electron chi connectivity index (χ4n) is 4.38. The molecule has 4 rings (SSSR count). The largest absolute Gasteiger partial charge is 0.461 e. The number of para-hydroxylation sites is 1. The predicted molar refractivity (Wildman–Crippen MR) is 104 cm³/mol. The van der Waals surface area contributed by atoms with Crippen molar-refractivity contribution >= 4 is 5.97 Å². The third-order valence-corrected chi connectivity index (χ3v) is 5.86. The topological polar surface area (TPSA) is 59.4 Å². The number of nitrogens with zero attached hydrogens (tertiary/aromatic N) is 3. The van der Waals surface area contributed by atoms with E-state index in [0.717, 1.165) is 44.0 Å². The molecule has 2 fully saturated rings. The number of aromatic nitrogens is 2. The summed E-state index contributed by atoms with van der Waals surface area (Å²) in [5.41, 5.74) is 2.78. The molecule has 2 aliphatic heterocycles. The number of nitrogens with one attached hydrogen (secondary N) is 1. The van der Waals surface area contributed by atoms with E-state index in [1.54, 1.807) is 4.68 Å². The van der Waals surface area contributed by atoms with Crippen LogP contribution in [-0.4, -0.2) is 53.4 Å². The standard InChI is InChI=1S/C21H28N4O2/c1-2-27-20(26)19-17(15-25(23-19)18-6-4-3-5-7-18)14-24-13-10-21(16-24)8-11-22-12-9-21/h3-7,15,22H,2,8-14,16H2,1H3. The summed E-state index contributed by atoms with van der Waals surface area (Å²) in [6.07, 6.45) is 5.72. The van der Waals surface area contributed by atoms with Crippen LogP contribution in [-0.2, 0) is 11.3 Å². The second-order valence-corrected chi connectivity index (χ2v) is 7.71. The second-order valence-electron chi connectivity index (χ2n) is 7.71. The number of likely N-dealkylation sites (tertiary alicyclic amines) is 1. The summed E-state index contributed by atoms with van der Waals surface area (Å²) in [6.45, 7) is 7.35. The summed E-state index contributed by atoms with van der Waals surface area (Å²) in [4.78, 5) is 14.9. The van der Waals surface area contributed by atoms with Crippen LogP contribution in [0, 0.1) is 5.41 Å². The van der Waals surface area contributed by atoms with Crippen molar-refractivity contribution in [3.05, 3.63) is 47.8 Å². The van der Waals surface area contributed by atoms with Gasteiger partial charge in [-0.1, -0.05) is 18.2 Å². The molecule has 1 aromatic heterocycles.